The molecular weight excluding hydrogens is 367 g/mol. The van der Waals surface area contributed by atoms with Crippen molar-refractivity contribution < 1.29 is 19.0 Å². The minimum absolute atomic E-state index is 0.000288. The lowest BCUT2D eigenvalue weighted by Crippen LogP contribution is -2.07. The summed E-state index contributed by atoms with van der Waals surface area (Å²) in [5, 5.41) is 9.15. The molecule has 0 amide bonds. The third-order valence-electron chi connectivity index (χ3n) is 5.28. The maximum absolute atomic E-state index is 14.8. The van der Waals surface area contributed by atoms with Gasteiger partial charge < -0.3 is 14.6 Å². The normalized spacial score (nSPS) is 17.9. The summed E-state index contributed by atoms with van der Waals surface area (Å²) in [5.74, 6) is 0.497. The highest BCUT2D eigenvalue weighted by molar-refractivity contribution is 5.71. The summed E-state index contributed by atoms with van der Waals surface area (Å²) >= 11 is 0. The van der Waals surface area contributed by atoms with Crippen LogP contribution in [0.4, 0.5) is 4.39 Å². The van der Waals surface area contributed by atoms with Crippen LogP contribution in [-0.2, 0) is 11.3 Å². The minimum atomic E-state index is -0.267. The topological polar surface area (TPSA) is 42.0 Å². The van der Waals surface area contributed by atoms with Gasteiger partial charge in [-0.25, -0.2) is 4.39 Å². The van der Waals surface area contributed by atoms with Crippen LogP contribution in [-0.4, -0.2) is 23.9 Å². The van der Waals surface area contributed by atoms with E-state index in [1.54, 1.807) is 12.1 Å². The highest BCUT2D eigenvalue weighted by atomic mass is 19.1. The fourth-order valence-electron chi connectivity index (χ4n) is 3.50. The van der Waals surface area contributed by atoms with Crippen molar-refractivity contribution in [2.24, 2.45) is 0 Å². The second kappa shape index (κ2) is 8.76. The van der Waals surface area contributed by atoms with E-state index in [0.717, 1.165) is 40.8 Å². The van der Waals surface area contributed by atoms with Crippen LogP contribution in [0.3, 0.4) is 0 Å². The molecule has 2 atom stereocenters. The Morgan fingerprint density at radius 2 is 1.59 bits per heavy atom. The summed E-state index contributed by atoms with van der Waals surface area (Å²) < 4.78 is 26.1. The van der Waals surface area contributed by atoms with Crippen molar-refractivity contribution in [3.05, 3.63) is 78.1 Å². The van der Waals surface area contributed by atoms with Gasteiger partial charge in [0.15, 0.2) is 0 Å². The number of halogens is 1. The lowest BCUT2D eigenvalue weighted by atomic mass is 9.99. The van der Waals surface area contributed by atoms with Gasteiger partial charge in [-0.3, -0.25) is 0 Å². The standard InChI is InChI=1S/C25H25FO3/c1-2-3-24-25(29-24)16-28-21-11-8-19(9-12-21)22-13-10-20(14-23(22)26)18-6-4-17(15-27)5-7-18/h4-14,24-25,27H,2-3,15-16H2,1H3/t24?,25-/m0/s1. The van der Waals surface area contributed by atoms with Crippen LogP contribution < -0.4 is 4.74 Å². The Hall–Kier alpha value is -2.69. The SMILES string of the molecule is CCCC1O[C@H]1COc1ccc(-c2ccc(-c3ccc(CO)cc3)cc2F)cc1. The first-order valence-corrected chi connectivity index (χ1v) is 10.1. The first-order chi connectivity index (χ1) is 14.2. The van der Waals surface area contributed by atoms with Gasteiger partial charge in [-0.2, -0.15) is 0 Å². The van der Waals surface area contributed by atoms with E-state index in [9.17, 15) is 4.39 Å². The monoisotopic (exact) mass is 392 g/mol. The van der Waals surface area contributed by atoms with Crippen molar-refractivity contribution in [3.8, 4) is 28.0 Å². The van der Waals surface area contributed by atoms with Crippen LogP contribution in [0.15, 0.2) is 66.7 Å². The molecule has 29 heavy (non-hydrogen) atoms. The molecule has 3 nitrogen and oxygen atoms in total. The number of ether oxygens (including phenoxy) is 2. The summed E-state index contributed by atoms with van der Waals surface area (Å²) in [5.41, 5.74) is 3.92. The van der Waals surface area contributed by atoms with Crippen molar-refractivity contribution in [1.29, 1.82) is 0 Å². The number of aliphatic hydroxyl groups is 1. The summed E-state index contributed by atoms with van der Waals surface area (Å²) in [7, 11) is 0. The second-order valence-corrected chi connectivity index (χ2v) is 7.39. The Morgan fingerprint density at radius 1 is 0.897 bits per heavy atom. The number of aliphatic hydroxyl groups excluding tert-OH is 1. The zero-order valence-corrected chi connectivity index (χ0v) is 16.5. The molecular formula is C25H25FO3. The third kappa shape index (κ3) is 4.66. The summed E-state index contributed by atoms with van der Waals surface area (Å²) in [4.78, 5) is 0. The Balaban J connectivity index is 1.42. The van der Waals surface area contributed by atoms with E-state index in [-0.39, 0.29) is 18.5 Å². The van der Waals surface area contributed by atoms with Crippen molar-refractivity contribution >= 4 is 0 Å². The molecule has 4 rings (SSSR count). The van der Waals surface area contributed by atoms with Crippen molar-refractivity contribution in [2.45, 2.75) is 38.6 Å². The first kappa shape index (κ1) is 19.6. The molecule has 150 valence electrons. The van der Waals surface area contributed by atoms with E-state index in [1.165, 1.54) is 0 Å². The minimum Gasteiger partial charge on any atom is -0.491 e. The van der Waals surface area contributed by atoms with Gasteiger partial charge in [0.25, 0.3) is 0 Å². The zero-order chi connectivity index (χ0) is 20.2. The average molecular weight is 392 g/mol. The van der Waals surface area contributed by atoms with Gasteiger partial charge in [-0.1, -0.05) is 61.9 Å². The first-order valence-electron chi connectivity index (χ1n) is 10.1. The average Bonchev–Trinajstić information content (AvgIpc) is 3.51. The molecule has 0 aliphatic carbocycles. The number of rotatable bonds is 8. The molecule has 1 N–H and O–H groups in total. The summed E-state index contributed by atoms with van der Waals surface area (Å²) in [6.07, 6.45) is 2.74. The van der Waals surface area contributed by atoms with Gasteiger partial charge in [0.05, 0.1) is 12.7 Å². The Morgan fingerprint density at radius 3 is 2.24 bits per heavy atom. The predicted octanol–water partition coefficient (Wildman–Crippen LogP) is 5.60. The molecule has 3 aromatic rings. The van der Waals surface area contributed by atoms with Gasteiger partial charge in [-0.15, -0.1) is 0 Å². The van der Waals surface area contributed by atoms with Gasteiger partial charge in [-0.05, 0) is 46.9 Å². The number of hydrogen-bond acceptors (Lipinski definition) is 3. The van der Waals surface area contributed by atoms with E-state index in [4.69, 9.17) is 14.6 Å². The molecule has 1 aliphatic heterocycles. The van der Waals surface area contributed by atoms with E-state index in [1.807, 2.05) is 54.6 Å². The van der Waals surface area contributed by atoms with Crippen molar-refractivity contribution in [1.82, 2.24) is 0 Å². The summed E-state index contributed by atoms with van der Waals surface area (Å²) in [6.45, 7) is 2.71. The molecule has 1 heterocycles. The van der Waals surface area contributed by atoms with Crippen molar-refractivity contribution in [3.63, 3.8) is 0 Å². The number of benzene rings is 3. The molecule has 3 aromatic carbocycles. The van der Waals surface area contributed by atoms with Crippen LogP contribution in [0.25, 0.3) is 22.3 Å². The van der Waals surface area contributed by atoms with Gasteiger partial charge in [0.1, 0.15) is 24.3 Å². The Bertz CT molecular complexity index is 951. The molecule has 0 aromatic heterocycles. The lowest BCUT2D eigenvalue weighted by molar-refractivity contribution is 0.259. The van der Waals surface area contributed by atoms with Crippen LogP contribution in [0, 0.1) is 5.82 Å². The predicted molar refractivity (Wildman–Crippen MR) is 112 cm³/mol. The number of hydrogen-bond donors (Lipinski definition) is 1. The number of epoxide rings is 1. The largest absolute Gasteiger partial charge is 0.491 e. The molecule has 0 spiro atoms. The zero-order valence-electron chi connectivity index (χ0n) is 16.5. The molecule has 1 aliphatic rings. The molecule has 1 saturated heterocycles. The van der Waals surface area contributed by atoms with E-state index in [2.05, 4.69) is 6.92 Å². The molecule has 1 unspecified atom stereocenters. The van der Waals surface area contributed by atoms with Crippen LogP contribution in [0.2, 0.25) is 0 Å². The molecule has 0 bridgehead atoms. The highest BCUT2D eigenvalue weighted by Gasteiger charge is 2.38. The second-order valence-electron chi connectivity index (χ2n) is 7.39. The van der Waals surface area contributed by atoms with Crippen LogP contribution in [0.1, 0.15) is 25.3 Å². The summed E-state index contributed by atoms with van der Waals surface area (Å²) in [6, 6.07) is 20.2. The maximum Gasteiger partial charge on any atom is 0.131 e. The molecule has 0 saturated carbocycles. The highest BCUT2D eigenvalue weighted by Crippen LogP contribution is 2.30. The fraction of sp³-hybridized carbons (Fsp3) is 0.280. The van der Waals surface area contributed by atoms with Gasteiger partial charge in [0, 0.05) is 5.56 Å². The molecule has 1 fully saturated rings. The lowest BCUT2D eigenvalue weighted by Gasteiger charge is -2.09. The third-order valence-corrected chi connectivity index (χ3v) is 5.28. The Labute approximate surface area is 170 Å². The quantitative estimate of drug-likeness (QED) is 0.508. The fourth-order valence-corrected chi connectivity index (χ4v) is 3.50. The van der Waals surface area contributed by atoms with E-state index < -0.39 is 0 Å². The van der Waals surface area contributed by atoms with Crippen LogP contribution in [0.5, 0.6) is 5.75 Å². The molecule has 0 radical (unpaired) electrons. The van der Waals surface area contributed by atoms with E-state index >= 15 is 0 Å². The van der Waals surface area contributed by atoms with Crippen LogP contribution >= 0.6 is 0 Å². The van der Waals surface area contributed by atoms with Gasteiger partial charge in [0.2, 0.25) is 0 Å². The molecule has 4 heteroatoms. The van der Waals surface area contributed by atoms with Crippen molar-refractivity contribution in [2.75, 3.05) is 6.61 Å². The Kier molecular flexibility index (Phi) is 5.93. The maximum atomic E-state index is 14.8. The smallest absolute Gasteiger partial charge is 0.131 e. The van der Waals surface area contributed by atoms with Gasteiger partial charge >= 0.3 is 0 Å². The van der Waals surface area contributed by atoms with E-state index in [0.29, 0.717) is 18.3 Å².